The predicted molar refractivity (Wildman–Crippen MR) is 94.0 cm³/mol. The minimum absolute atomic E-state index is 0.284. The molecule has 0 radical (unpaired) electrons. The summed E-state index contributed by atoms with van der Waals surface area (Å²) in [6, 6.07) is 10.6. The highest BCUT2D eigenvalue weighted by atomic mass is 16.6. The molecule has 0 saturated carbocycles. The quantitative estimate of drug-likeness (QED) is 0.649. The van der Waals surface area contributed by atoms with Crippen molar-refractivity contribution in [3.63, 3.8) is 0 Å². The van der Waals surface area contributed by atoms with Crippen LogP contribution >= 0.6 is 0 Å². The first-order valence-corrected chi connectivity index (χ1v) is 8.16. The highest BCUT2D eigenvalue weighted by molar-refractivity contribution is 6.01. The second-order valence-electron chi connectivity index (χ2n) is 6.83. The van der Waals surface area contributed by atoms with E-state index in [2.05, 4.69) is 15.6 Å². The van der Waals surface area contributed by atoms with Gasteiger partial charge >= 0.3 is 6.03 Å². The summed E-state index contributed by atoms with van der Waals surface area (Å²) >= 11 is 0. The van der Waals surface area contributed by atoms with Crippen molar-refractivity contribution in [1.29, 1.82) is 0 Å². The Morgan fingerprint density at radius 1 is 1.27 bits per heavy atom. The van der Waals surface area contributed by atoms with E-state index in [0.29, 0.717) is 22.3 Å². The molecule has 4 N–H and O–H groups in total. The van der Waals surface area contributed by atoms with E-state index < -0.39 is 17.7 Å². The fourth-order valence-corrected chi connectivity index (χ4v) is 3.43. The molecule has 8 heteroatoms. The Kier molecular flexibility index (Phi) is 3.58. The van der Waals surface area contributed by atoms with Crippen molar-refractivity contribution in [1.82, 2.24) is 10.3 Å². The number of anilines is 1. The van der Waals surface area contributed by atoms with Gasteiger partial charge in [0, 0.05) is 11.5 Å². The number of urea groups is 1. The Morgan fingerprint density at radius 2 is 2.00 bits per heavy atom. The van der Waals surface area contributed by atoms with Crippen LogP contribution in [0.1, 0.15) is 30.9 Å². The molecular weight excluding hydrogens is 336 g/mol. The number of carbonyl (C=O) groups excluding carboxylic acids is 1. The van der Waals surface area contributed by atoms with E-state index in [1.165, 1.54) is 0 Å². The Morgan fingerprint density at radius 3 is 2.69 bits per heavy atom. The minimum Gasteiger partial charge on any atom is -0.483 e. The average molecular weight is 354 g/mol. The van der Waals surface area contributed by atoms with E-state index in [4.69, 9.17) is 15.1 Å². The van der Waals surface area contributed by atoms with Crippen LogP contribution in [0.25, 0.3) is 11.0 Å². The second-order valence-corrected chi connectivity index (χ2v) is 6.83. The van der Waals surface area contributed by atoms with Crippen molar-refractivity contribution in [2.45, 2.75) is 31.5 Å². The van der Waals surface area contributed by atoms with E-state index in [9.17, 15) is 9.90 Å². The maximum atomic E-state index is 11.5. The number of fused-ring (bicyclic) bond motifs is 2. The summed E-state index contributed by atoms with van der Waals surface area (Å²) in [6.45, 7) is 3.58. The molecule has 0 bridgehead atoms. The molecule has 0 saturated heterocycles. The zero-order valence-corrected chi connectivity index (χ0v) is 14.3. The molecule has 1 aliphatic rings. The fraction of sp³-hybridized carbons (Fsp3) is 0.278. The zero-order chi connectivity index (χ0) is 18.5. The fourth-order valence-electron chi connectivity index (χ4n) is 3.43. The van der Waals surface area contributed by atoms with Crippen molar-refractivity contribution in [3.8, 4) is 5.75 Å². The van der Waals surface area contributed by atoms with E-state index in [0.717, 1.165) is 5.56 Å². The van der Waals surface area contributed by atoms with Crippen molar-refractivity contribution in [2.24, 2.45) is 5.73 Å². The number of aromatic nitrogens is 2. The number of ether oxygens (including phenoxy) is 1. The molecule has 26 heavy (non-hydrogen) atoms. The Hall–Kier alpha value is -3.13. The zero-order valence-electron chi connectivity index (χ0n) is 14.3. The number of aliphatic hydroxyl groups is 1. The third-order valence-corrected chi connectivity index (χ3v) is 4.67. The predicted octanol–water partition coefficient (Wildman–Crippen LogP) is 2.38. The summed E-state index contributed by atoms with van der Waals surface area (Å²) in [5.74, 6) is 0.0145. The summed E-state index contributed by atoms with van der Waals surface area (Å²) in [5, 5.41) is 21.3. The molecular formula is C18H18N4O4. The smallest absolute Gasteiger partial charge is 0.316 e. The number of amides is 2. The van der Waals surface area contributed by atoms with Crippen molar-refractivity contribution < 1.29 is 19.3 Å². The number of hydrogen-bond acceptors (Lipinski definition) is 6. The van der Waals surface area contributed by atoms with Gasteiger partial charge in [-0.2, -0.15) is 0 Å². The molecule has 0 aliphatic carbocycles. The summed E-state index contributed by atoms with van der Waals surface area (Å²) in [4.78, 5) is 11.5. The molecule has 1 aromatic heterocycles. The molecule has 3 aromatic rings. The first kappa shape index (κ1) is 16.3. The number of hydrogen-bond donors (Lipinski definition) is 3. The van der Waals surface area contributed by atoms with Crippen LogP contribution in [0.2, 0.25) is 0 Å². The molecule has 8 nitrogen and oxygen atoms in total. The monoisotopic (exact) mass is 354 g/mol. The Labute approximate surface area is 148 Å². The van der Waals surface area contributed by atoms with Crippen LogP contribution in [-0.2, 0) is 0 Å². The number of benzene rings is 2. The summed E-state index contributed by atoms with van der Waals surface area (Å²) in [6.07, 6.45) is -0.823. The van der Waals surface area contributed by atoms with Gasteiger partial charge in [0.15, 0.2) is 5.52 Å². The van der Waals surface area contributed by atoms with Gasteiger partial charge in [-0.3, -0.25) is 0 Å². The summed E-state index contributed by atoms with van der Waals surface area (Å²) in [7, 11) is 0. The van der Waals surface area contributed by atoms with E-state index in [1.807, 2.05) is 30.3 Å². The van der Waals surface area contributed by atoms with Gasteiger partial charge in [0.1, 0.15) is 28.7 Å². The third-order valence-electron chi connectivity index (χ3n) is 4.67. The van der Waals surface area contributed by atoms with Crippen molar-refractivity contribution in [3.05, 3.63) is 47.5 Å². The summed E-state index contributed by atoms with van der Waals surface area (Å²) in [5.41, 5.74) is 7.06. The lowest BCUT2D eigenvalue weighted by Crippen LogP contribution is -2.49. The average Bonchev–Trinajstić information content (AvgIpc) is 3.05. The number of aliphatic hydroxyl groups excluding tert-OH is 1. The van der Waals surface area contributed by atoms with Crippen LogP contribution in [0.15, 0.2) is 41.0 Å². The SMILES string of the molecule is CC1(C)Oc2c(cc3nonc3c2NC(N)=O)C(c2ccccc2)C1O. The van der Waals surface area contributed by atoms with E-state index in [1.54, 1.807) is 19.9 Å². The van der Waals surface area contributed by atoms with Gasteiger partial charge < -0.3 is 20.9 Å². The van der Waals surface area contributed by atoms with Crippen molar-refractivity contribution in [2.75, 3.05) is 5.32 Å². The standard InChI is InChI=1S/C18H18N4O4/c1-18(2)16(23)12(9-6-4-3-5-7-9)10-8-11-13(22-26-21-11)14(15(10)25-18)20-17(19)24/h3-8,12,16,23H,1-2H3,(H3,19,20,24). The molecule has 0 spiro atoms. The van der Waals surface area contributed by atoms with Gasteiger partial charge in [0.25, 0.3) is 0 Å². The molecule has 2 heterocycles. The van der Waals surface area contributed by atoms with Crippen LogP contribution in [0, 0.1) is 0 Å². The third kappa shape index (κ3) is 2.46. The molecule has 4 rings (SSSR count). The Balaban J connectivity index is 2.02. The first-order valence-electron chi connectivity index (χ1n) is 8.16. The molecule has 2 amide bonds. The summed E-state index contributed by atoms with van der Waals surface area (Å²) < 4.78 is 10.9. The normalized spacial score (nSPS) is 21.0. The highest BCUT2D eigenvalue weighted by Crippen LogP contribution is 2.49. The number of carbonyl (C=O) groups is 1. The lowest BCUT2D eigenvalue weighted by Gasteiger charge is -2.43. The molecule has 0 fully saturated rings. The van der Waals surface area contributed by atoms with E-state index >= 15 is 0 Å². The van der Waals surface area contributed by atoms with Gasteiger partial charge in [-0.15, -0.1) is 0 Å². The Bertz CT molecular complexity index is 984. The molecule has 2 atom stereocenters. The topological polar surface area (TPSA) is 124 Å². The van der Waals surface area contributed by atoms with Crippen LogP contribution in [0.5, 0.6) is 5.75 Å². The number of nitrogens with zero attached hydrogens (tertiary/aromatic N) is 2. The van der Waals surface area contributed by atoms with Crippen LogP contribution < -0.4 is 15.8 Å². The van der Waals surface area contributed by atoms with Gasteiger partial charge in [0.2, 0.25) is 0 Å². The lowest BCUT2D eigenvalue weighted by atomic mass is 9.77. The second kappa shape index (κ2) is 5.70. The van der Waals surface area contributed by atoms with Crippen molar-refractivity contribution >= 4 is 22.8 Å². The molecule has 134 valence electrons. The lowest BCUT2D eigenvalue weighted by molar-refractivity contribution is -0.0505. The van der Waals surface area contributed by atoms with Gasteiger partial charge in [-0.05, 0) is 35.8 Å². The highest BCUT2D eigenvalue weighted by Gasteiger charge is 2.45. The molecule has 2 aromatic carbocycles. The van der Waals surface area contributed by atoms with Gasteiger partial charge in [0.05, 0.1) is 0 Å². The number of nitrogens with two attached hydrogens (primary N) is 1. The van der Waals surface area contributed by atoms with E-state index in [-0.39, 0.29) is 11.6 Å². The van der Waals surface area contributed by atoms with Crippen LogP contribution in [-0.4, -0.2) is 33.2 Å². The first-order chi connectivity index (χ1) is 12.4. The molecule has 2 unspecified atom stereocenters. The number of primary amides is 1. The van der Waals surface area contributed by atoms with Gasteiger partial charge in [-0.25, -0.2) is 9.42 Å². The number of rotatable bonds is 2. The van der Waals surface area contributed by atoms with Crippen LogP contribution in [0.4, 0.5) is 10.5 Å². The van der Waals surface area contributed by atoms with Gasteiger partial charge in [-0.1, -0.05) is 30.3 Å². The van der Waals surface area contributed by atoms with Crippen LogP contribution in [0.3, 0.4) is 0 Å². The molecule has 1 aliphatic heterocycles. The largest absolute Gasteiger partial charge is 0.483 e. The maximum Gasteiger partial charge on any atom is 0.316 e. The maximum absolute atomic E-state index is 11.5. The number of nitrogens with one attached hydrogen (secondary N) is 1. The minimum atomic E-state index is -0.910.